The summed E-state index contributed by atoms with van der Waals surface area (Å²) in [5, 5.41) is 3.05. The summed E-state index contributed by atoms with van der Waals surface area (Å²) in [4.78, 5) is 12.5. The first-order valence-electron chi connectivity index (χ1n) is 8.13. The van der Waals surface area contributed by atoms with Crippen molar-refractivity contribution < 1.29 is 13.2 Å². The number of piperidine rings is 1. The Morgan fingerprint density at radius 3 is 2.38 bits per heavy atom. The molecule has 0 atom stereocenters. The molecule has 0 aromatic heterocycles. The average Bonchev–Trinajstić information content (AvgIpc) is 2.46. The average molecular weight is 373 g/mol. The molecule has 1 aromatic carbocycles. The van der Waals surface area contributed by atoms with E-state index in [1.54, 1.807) is 0 Å². The summed E-state index contributed by atoms with van der Waals surface area (Å²) in [5.41, 5.74) is -0.253. The van der Waals surface area contributed by atoms with Crippen molar-refractivity contribution >= 4 is 27.5 Å². The number of carbonyl (C=O) groups is 1. The molecule has 1 aromatic rings. The van der Waals surface area contributed by atoms with Gasteiger partial charge in [-0.25, -0.2) is 8.42 Å². The summed E-state index contributed by atoms with van der Waals surface area (Å²) in [6.45, 7) is 8.71. The molecule has 5 nitrogen and oxygen atoms in total. The third-order valence-electron chi connectivity index (χ3n) is 4.05. The Kier molecular flexibility index (Phi) is 5.62. The number of halogens is 1. The second-order valence-electron chi connectivity index (χ2n) is 7.43. The van der Waals surface area contributed by atoms with Crippen LogP contribution in [0, 0.1) is 5.92 Å². The zero-order chi connectivity index (χ0) is 18.1. The largest absolute Gasteiger partial charge is 0.347 e. The highest BCUT2D eigenvalue weighted by molar-refractivity contribution is 7.89. The summed E-state index contributed by atoms with van der Waals surface area (Å²) in [6.07, 6.45) is 1.70. The van der Waals surface area contributed by atoms with E-state index in [1.165, 1.54) is 22.5 Å². The highest BCUT2D eigenvalue weighted by atomic mass is 35.5. The van der Waals surface area contributed by atoms with E-state index >= 15 is 0 Å². The molecule has 1 heterocycles. The highest BCUT2D eigenvalue weighted by Gasteiger charge is 2.29. The molecular formula is C17H25ClN2O3S. The number of amides is 1. The smallest absolute Gasteiger partial charge is 0.253 e. The number of carbonyl (C=O) groups excluding carboxylic acids is 1. The summed E-state index contributed by atoms with van der Waals surface area (Å²) < 4.78 is 27.1. The lowest BCUT2D eigenvalue weighted by molar-refractivity contribution is 0.0919. The van der Waals surface area contributed by atoms with Crippen LogP contribution < -0.4 is 5.32 Å². The maximum absolute atomic E-state index is 12.8. The van der Waals surface area contributed by atoms with Gasteiger partial charge in [-0.3, -0.25) is 4.79 Å². The van der Waals surface area contributed by atoms with E-state index in [0.29, 0.717) is 19.0 Å². The van der Waals surface area contributed by atoms with Gasteiger partial charge in [-0.2, -0.15) is 4.31 Å². The van der Waals surface area contributed by atoms with Crippen molar-refractivity contribution in [2.45, 2.75) is 51.0 Å². The lowest BCUT2D eigenvalue weighted by Gasteiger charge is -2.29. The standard InChI is InChI=1S/C17H25ClN2O3S/c1-12-7-9-20(10-8-12)24(22,23)13-5-6-15(18)14(11-13)16(21)19-17(2,3)4/h5-6,11-12H,7-10H2,1-4H3,(H,19,21). The molecule has 0 radical (unpaired) electrons. The first-order chi connectivity index (χ1) is 11.0. The number of nitrogens with one attached hydrogen (secondary N) is 1. The van der Waals surface area contributed by atoms with E-state index in [4.69, 9.17) is 11.6 Å². The topological polar surface area (TPSA) is 66.5 Å². The zero-order valence-corrected chi connectivity index (χ0v) is 16.2. The Morgan fingerprint density at radius 1 is 1.25 bits per heavy atom. The molecule has 134 valence electrons. The molecule has 0 aliphatic carbocycles. The van der Waals surface area contributed by atoms with Crippen LogP contribution in [0.4, 0.5) is 0 Å². The van der Waals surface area contributed by atoms with E-state index in [9.17, 15) is 13.2 Å². The van der Waals surface area contributed by atoms with Gasteiger partial charge in [0.15, 0.2) is 0 Å². The van der Waals surface area contributed by atoms with Crippen molar-refractivity contribution in [3.8, 4) is 0 Å². The molecule has 1 aliphatic rings. The van der Waals surface area contributed by atoms with Gasteiger partial charge in [0.25, 0.3) is 5.91 Å². The van der Waals surface area contributed by atoms with E-state index in [-0.39, 0.29) is 21.4 Å². The van der Waals surface area contributed by atoms with Crippen LogP contribution in [0.15, 0.2) is 23.1 Å². The van der Waals surface area contributed by atoms with Crippen molar-refractivity contribution in [2.24, 2.45) is 5.92 Å². The van der Waals surface area contributed by atoms with Crippen molar-refractivity contribution in [3.05, 3.63) is 28.8 Å². The van der Waals surface area contributed by atoms with Crippen LogP contribution in [-0.4, -0.2) is 37.3 Å². The second kappa shape index (κ2) is 7.02. The van der Waals surface area contributed by atoms with Crippen LogP contribution in [0.1, 0.15) is 50.9 Å². The van der Waals surface area contributed by atoms with Crippen molar-refractivity contribution in [1.29, 1.82) is 0 Å². The van der Waals surface area contributed by atoms with Gasteiger partial charge in [0.2, 0.25) is 10.0 Å². The Balaban J connectivity index is 2.31. The maximum Gasteiger partial charge on any atom is 0.253 e. The quantitative estimate of drug-likeness (QED) is 0.885. The summed E-state index contributed by atoms with van der Waals surface area (Å²) in [6, 6.07) is 4.30. The number of sulfonamides is 1. The van der Waals surface area contributed by atoms with Gasteiger partial charge in [-0.1, -0.05) is 18.5 Å². The first kappa shape index (κ1) is 19.2. The molecule has 1 N–H and O–H groups in total. The Labute approximate surface area is 149 Å². The molecule has 0 spiro atoms. The fraction of sp³-hybridized carbons (Fsp3) is 0.588. The molecule has 7 heteroatoms. The zero-order valence-electron chi connectivity index (χ0n) is 14.6. The molecule has 1 amide bonds. The number of nitrogens with zero attached hydrogens (tertiary/aromatic N) is 1. The normalized spacial score (nSPS) is 17.7. The lowest BCUT2D eigenvalue weighted by Crippen LogP contribution is -2.41. The summed E-state index contributed by atoms with van der Waals surface area (Å²) in [7, 11) is -3.61. The van der Waals surface area contributed by atoms with E-state index in [1.807, 2.05) is 20.8 Å². The minimum atomic E-state index is -3.61. The van der Waals surface area contributed by atoms with E-state index in [0.717, 1.165) is 12.8 Å². The van der Waals surface area contributed by atoms with Crippen LogP contribution >= 0.6 is 11.6 Å². The fourth-order valence-electron chi connectivity index (χ4n) is 2.62. The minimum absolute atomic E-state index is 0.112. The highest BCUT2D eigenvalue weighted by Crippen LogP contribution is 2.26. The molecular weight excluding hydrogens is 348 g/mol. The molecule has 2 rings (SSSR count). The Bertz CT molecular complexity index is 718. The van der Waals surface area contributed by atoms with E-state index in [2.05, 4.69) is 12.2 Å². The van der Waals surface area contributed by atoms with Gasteiger partial charge in [0, 0.05) is 18.6 Å². The number of hydrogen-bond acceptors (Lipinski definition) is 3. The Hall–Kier alpha value is -1.11. The molecule has 0 saturated carbocycles. The summed E-state index contributed by atoms with van der Waals surface area (Å²) in [5.74, 6) is 0.159. The predicted molar refractivity (Wildman–Crippen MR) is 95.8 cm³/mol. The van der Waals surface area contributed by atoms with Crippen molar-refractivity contribution in [1.82, 2.24) is 9.62 Å². The number of benzene rings is 1. The lowest BCUT2D eigenvalue weighted by atomic mass is 10.0. The predicted octanol–water partition coefficient (Wildman–Crippen LogP) is 3.29. The van der Waals surface area contributed by atoms with Crippen LogP contribution in [0.3, 0.4) is 0 Å². The SMILES string of the molecule is CC1CCN(S(=O)(=O)c2ccc(Cl)c(C(=O)NC(C)(C)C)c2)CC1. The van der Waals surface area contributed by atoms with E-state index < -0.39 is 15.6 Å². The number of hydrogen-bond donors (Lipinski definition) is 1. The van der Waals surface area contributed by atoms with Gasteiger partial charge >= 0.3 is 0 Å². The minimum Gasteiger partial charge on any atom is -0.347 e. The van der Waals surface area contributed by atoms with Crippen molar-refractivity contribution in [2.75, 3.05) is 13.1 Å². The van der Waals surface area contributed by atoms with Crippen LogP contribution in [0.5, 0.6) is 0 Å². The maximum atomic E-state index is 12.8. The summed E-state index contributed by atoms with van der Waals surface area (Å²) >= 11 is 6.11. The van der Waals surface area contributed by atoms with Crippen molar-refractivity contribution in [3.63, 3.8) is 0 Å². The Morgan fingerprint density at radius 2 is 1.83 bits per heavy atom. The molecule has 1 aliphatic heterocycles. The van der Waals surface area contributed by atoms with Gasteiger partial charge < -0.3 is 5.32 Å². The molecule has 1 fully saturated rings. The van der Waals surface area contributed by atoms with Crippen LogP contribution in [0.25, 0.3) is 0 Å². The van der Waals surface area contributed by atoms with Gasteiger partial charge in [-0.15, -0.1) is 0 Å². The third-order valence-corrected chi connectivity index (χ3v) is 6.28. The monoisotopic (exact) mass is 372 g/mol. The van der Waals surface area contributed by atoms with Gasteiger partial charge in [-0.05, 0) is 57.7 Å². The van der Waals surface area contributed by atoms with Crippen LogP contribution in [0.2, 0.25) is 5.02 Å². The molecule has 0 bridgehead atoms. The third kappa shape index (κ3) is 4.49. The second-order valence-corrected chi connectivity index (χ2v) is 9.78. The fourth-order valence-corrected chi connectivity index (χ4v) is 4.32. The van der Waals surface area contributed by atoms with Gasteiger partial charge in [0.05, 0.1) is 15.5 Å². The molecule has 0 unspecified atom stereocenters. The van der Waals surface area contributed by atoms with Crippen LogP contribution in [-0.2, 0) is 10.0 Å². The first-order valence-corrected chi connectivity index (χ1v) is 9.95. The van der Waals surface area contributed by atoms with Gasteiger partial charge in [0.1, 0.15) is 0 Å². The number of rotatable bonds is 3. The molecule has 24 heavy (non-hydrogen) atoms. The molecule has 1 saturated heterocycles.